The second-order valence-corrected chi connectivity index (χ2v) is 3.82. The van der Waals surface area contributed by atoms with E-state index in [1.165, 1.54) is 0 Å². The minimum atomic E-state index is 0.0799. The van der Waals surface area contributed by atoms with Gasteiger partial charge in [-0.2, -0.15) is 0 Å². The van der Waals surface area contributed by atoms with Gasteiger partial charge in [0.1, 0.15) is 5.75 Å². The van der Waals surface area contributed by atoms with Gasteiger partial charge < -0.3 is 9.30 Å². The van der Waals surface area contributed by atoms with Crippen LogP contribution >= 0.6 is 0 Å². The molecule has 0 spiro atoms. The first-order valence-electron chi connectivity index (χ1n) is 5.33. The third-order valence-electron chi connectivity index (χ3n) is 2.67. The number of benzene rings is 1. The maximum Gasteiger partial charge on any atom is 0.168 e. The van der Waals surface area contributed by atoms with Gasteiger partial charge in [0.05, 0.1) is 19.9 Å². The van der Waals surface area contributed by atoms with Gasteiger partial charge in [0.15, 0.2) is 5.78 Å². The highest BCUT2D eigenvalue weighted by Gasteiger charge is 2.09. The molecule has 4 heteroatoms. The molecule has 0 unspecified atom stereocenters. The van der Waals surface area contributed by atoms with Gasteiger partial charge in [0, 0.05) is 24.5 Å². The van der Waals surface area contributed by atoms with Gasteiger partial charge in [0.2, 0.25) is 0 Å². The van der Waals surface area contributed by atoms with Gasteiger partial charge in [-0.15, -0.1) is 0 Å². The van der Waals surface area contributed by atoms with Crippen LogP contribution in [0.1, 0.15) is 16.1 Å². The molecule has 2 aromatic rings. The molecule has 0 aliphatic heterocycles. The lowest BCUT2D eigenvalue weighted by molar-refractivity contribution is 0.0991. The second-order valence-electron chi connectivity index (χ2n) is 3.82. The number of methoxy groups -OCH3 is 1. The molecule has 0 radical (unpaired) electrons. The van der Waals surface area contributed by atoms with Crippen LogP contribution in [0.3, 0.4) is 0 Å². The Labute approximate surface area is 99.9 Å². The molecule has 0 N–H and O–H groups in total. The molecule has 88 valence electrons. The number of carbonyl (C=O) groups excluding carboxylic acids is 1. The van der Waals surface area contributed by atoms with Gasteiger partial charge in [-0.3, -0.25) is 4.79 Å². The lowest BCUT2D eigenvalue weighted by Gasteiger charge is -2.03. The third-order valence-corrected chi connectivity index (χ3v) is 2.67. The SMILES string of the molecule is COc1ccc(C(=O)Cc2cncn2C)cc1. The van der Waals surface area contributed by atoms with E-state index in [2.05, 4.69) is 4.98 Å². The average Bonchev–Trinajstić information content (AvgIpc) is 2.75. The van der Waals surface area contributed by atoms with Crippen molar-refractivity contribution in [3.8, 4) is 5.75 Å². The molecule has 0 bridgehead atoms. The molecule has 2 rings (SSSR count). The topological polar surface area (TPSA) is 44.1 Å². The number of nitrogens with zero attached hydrogens (tertiary/aromatic N) is 2. The smallest absolute Gasteiger partial charge is 0.168 e. The summed E-state index contributed by atoms with van der Waals surface area (Å²) in [5, 5.41) is 0. The Morgan fingerprint density at radius 1 is 1.35 bits per heavy atom. The monoisotopic (exact) mass is 230 g/mol. The maximum absolute atomic E-state index is 12.0. The number of Topliss-reactive ketones (excluding diaryl/α,β-unsaturated/α-hetero) is 1. The van der Waals surface area contributed by atoms with Crippen molar-refractivity contribution in [2.75, 3.05) is 7.11 Å². The standard InChI is InChI=1S/C13H14N2O2/c1-15-9-14-8-11(15)7-13(16)10-3-5-12(17-2)6-4-10/h3-6,8-9H,7H2,1-2H3. The Hall–Kier alpha value is -2.10. The molecule has 0 fully saturated rings. The molecule has 0 saturated carbocycles. The van der Waals surface area contributed by atoms with Crippen LogP contribution in [0.4, 0.5) is 0 Å². The second kappa shape index (κ2) is 4.82. The molecule has 1 aromatic carbocycles. The zero-order valence-electron chi connectivity index (χ0n) is 9.88. The first kappa shape index (κ1) is 11.4. The number of imidazole rings is 1. The van der Waals surface area contributed by atoms with Crippen molar-refractivity contribution in [2.45, 2.75) is 6.42 Å². The summed E-state index contributed by atoms with van der Waals surface area (Å²) in [6.45, 7) is 0. The van der Waals surface area contributed by atoms with Crippen molar-refractivity contribution in [1.29, 1.82) is 0 Å². The van der Waals surface area contributed by atoms with Crippen LogP contribution in [0.25, 0.3) is 0 Å². The molecule has 4 nitrogen and oxygen atoms in total. The third kappa shape index (κ3) is 2.53. The highest BCUT2D eigenvalue weighted by atomic mass is 16.5. The molecule has 0 amide bonds. The van der Waals surface area contributed by atoms with Crippen LogP contribution in [0.15, 0.2) is 36.8 Å². The summed E-state index contributed by atoms with van der Waals surface area (Å²) in [6.07, 6.45) is 3.76. The molecule has 1 aromatic heterocycles. The first-order chi connectivity index (χ1) is 8.20. The van der Waals surface area contributed by atoms with Crippen LogP contribution in [-0.2, 0) is 13.5 Å². The number of hydrogen-bond acceptors (Lipinski definition) is 3. The molecule has 17 heavy (non-hydrogen) atoms. The largest absolute Gasteiger partial charge is 0.497 e. The van der Waals surface area contributed by atoms with E-state index in [-0.39, 0.29) is 5.78 Å². The minimum Gasteiger partial charge on any atom is -0.497 e. The van der Waals surface area contributed by atoms with Crippen LogP contribution in [-0.4, -0.2) is 22.4 Å². The van der Waals surface area contributed by atoms with Gasteiger partial charge >= 0.3 is 0 Å². The summed E-state index contributed by atoms with van der Waals surface area (Å²) in [5.41, 5.74) is 1.60. The number of hydrogen-bond donors (Lipinski definition) is 0. The van der Waals surface area contributed by atoms with Crippen LogP contribution in [0.5, 0.6) is 5.75 Å². The molecular formula is C13H14N2O2. The van der Waals surface area contributed by atoms with Crippen molar-refractivity contribution in [2.24, 2.45) is 7.05 Å². The molecule has 0 atom stereocenters. The predicted octanol–water partition coefficient (Wildman–Crippen LogP) is 1.85. The molecule has 0 saturated heterocycles. The average molecular weight is 230 g/mol. The zero-order chi connectivity index (χ0) is 12.3. The van der Waals surface area contributed by atoms with E-state index in [1.807, 2.05) is 11.6 Å². The van der Waals surface area contributed by atoms with Crippen molar-refractivity contribution < 1.29 is 9.53 Å². The summed E-state index contributed by atoms with van der Waals surface area (Å²) in [6, 6.07) is 7.13. The number of rotatable bonds is 4. The Morgan fingerprint density at radius 3 is 2.59 bits per heavy atom. The zero-order valence-corrected chi connectivity index (χ0v) is 9.88. The highest BCUT2D eigenvalue weighted by Crippen LogP contribution is 2.13. The van der Waals surface area contributed by atoms with Crippen molar-refractivity contribution >= 4 is 5.78 Å². The minimum absolute atomic E-state index is 0.0799. The molecular weight excluding hydrogens is 216 g/mol. The molecule has 0 aliphatic carbocycles. The quantitative estimate of drug-likeness (QED) is 0.753. The Balaban J connectivity index is 2.12. The van der Waals surface area contributed by atoms with E-state index in [9.17, 15) is 4.79 Å². The normalized spacial score (nSPS) is 10.2. The highest BCUT2D eigenvalue weighted by molar-refractivity contribution is 5.97. The number of ketones is 1. The predicted molar refractivity (Wildman–Crippen MR) is 64.2 cm³/mol. The lowest BCUT2D eigenvalue weighted by Crippen LogP contribution is -2.06. The fraction of sp³-hybridized carbons (Fsp3) is 0.231. The summed E-state index contributed by atoms with van der Waals surface area (Å²) >= 11 is 0. The van der Waals surface area contributed by atoms with Crippen LogP contribution in [0, 0.1) is 0 Å². The molecule has 1 heterocycles. The Morgan fingerprint density at radius 2 is 2.06 bits per heavy atom. The van der Waals surface area contributed by atoms with Gasteiger partial charge in [-0.1, -0.05) is 0 Å². The molecule has 0 aliphatic rings. The van der Waals surface area contributed by atoms with E-state index < -0.39 is 0 Å². The van der Waals surface area contributed by atoms with Crippen LogP contribution in [0.2, 0.25) is 0 Å². The van der Waals surface area contributed by atoms with E-state index in [4.69, 9.17) is 4.74 Å². The number of aromatic nitrogens is 2. The van der Waals surface area contributed by atoms with E-state index in [0.29, 0.717) is 12.0 Å². The van der Waals surface area contributed by atoms with Crippen LogP contribution < -0.4 is 4.74 Å². The fourth-order valence-corrected chi connectivity index (χ4v) is 1.60. The number of carbonyl (C=O) groups is 1. The Bertz CT molecular complexity index is 514. The number of aryl methyl sites for hydroxylation is 1. The van der Waals surface area contributed by atoms with Crippen molar-refractivity contribution in [3.63, 3.8) is 0 Å². The Kier molecular flexibility index (Phi) is 3.23. The van der Waals surface area contributed by atoms with Crippen molar-refractivity contribution in [3.05, 3.63) is 48.0 Å². The first-order valence-corrected chi connectivity index (χ1v) is 5.33. The summed E-state index contributed by atoms with van der Waals surface area (Å²) in [7, 11) is 3.48. The van der Waals surface area contributed by atoms with Crippen molar-refractivity contribution in [1.82, 2.24) is 9.55 Å². The van der Waals surface area contributed by atoms with Gasteiger partial charge in [0.25, 0.3) is 0 Å². The lowest BCUT2D eigenvalue weighted by atomic mass is 10.1. The summed E-state index contributed by atoms with van der Waals surface area (Å²) < 4.78 is 6.90. The van der Waals surface area contributed by atoms with Gasteiger partial charge in [-0.25, -0.2) is 4.98 Å². The number of ether oxygens (including phenoxy) is 1. The van der Waals surface area contributed by atoms with Gasteiger partial charge in [-0.05, 0) is 24.3 Å². The maximum atomic E-state index is 12.0. The summed E-state index contributed by atoms with van der Waals surface area (Å²) in [4.78, 5) is 16.0. The van der Waals surface area contributed by atoms with E-state index >= 15 is 0 Å². The fourth-order valence-electron chi connectivity index (χ4n) is 1.60. The van der Waals surface area contributed by atoms with E-state index in [1.54, 1.807) is 43.9 Å². The summed E-state index contributed by atoms with van der Waals surface area (Å²) in [5.74, 6) is 0.832. The van der Waals surface area contributed by atoms with E-state index in [0.717, 1.165) is 11.4 Å².